The van der Waals surface area contributed by atoms with Crippen LogP contribution in [0.15, 0.2) is 83.3 Å². The van der Waals surface area contributed by atoms with E-state index in [-0.39, 0.29) is 0 Å². The van der Waals surface area contributed by atoms with Gasteiger partial charge in [0.1, 0.15) is 29.2 Å². The molecule has 1 aliphatic carbocycles. The maximum atomic E-state index is 6.12. The van der Waals surface area contributed by atoms with Crippen molar-refractivity contribution in [1.29, 1.82) is 0 Å². The zero-order chi connectivity index (χ0) is 19.2. The van der Waals surface area contributed by atoms with Crippen LogP contribution in [0.3, 0.4) is 0 Å². The van der Waals surface area contributed by atoms with E-state index in [1.165, 1.54) is 12.8 Å². The van der Waals surface area contributed by atoms with E-state index in [9.17, 15) is 0 Å². The molecule has 3 heteroatoms. The third-order valence-corrected chi connectivity index (χ3v) is 5.47. The van der Waals surface area contributed by atoms with Crippen LogP contribution in [0.2, 0.25) is 0 Å². The monoisotopic (exact) mass is 434 g/mol. The van der Waals surface area contributed by atoms with Gasteiger partial charge in [-0.25, -0.2) is 0 Å². The highest BCUT2D eigenvalue weighted by molar-refractivity contribution is 9.10. The molecule has 1 aliphatic rings. The summed E-state index contributed by atoms with van der Waals surface area (Å²) in [5, 5.41) is 0. The van der Waals surface area contributed by atoms with Gasteiger partial charge in [0.05, 0.1) is 0 Å². The number of ether oxygens (including phenoxy) is 2. The van der Waals surface area contributed by atoms with Gasteiger partial charge in [0, 0.05) is 0 Å². The van der Waals surface area contributed by atoms with Gasteiger partial charge in [0.25, 0.3) is 0 Å². The van der Waals surface area contributed by atoms with Crippen LogP contribution in [0.5, 0.6) is 11.5 Å². The summed E-state index contributed by atoms with van der Waals surface area (Å²) in [7, 11) is 0. The van der Waals surface area contributed by atoms with Crippen LogP contribution in [0.25, 0.3) is 6.08 Å². The molecular formula is C25H23BrO2. The van der Waals surface area contributed by atoms with Gasteiger partial charge in [-0.1, -0.05) is 72.8 Å². The fraction of sp³-hybridized carbons (Fsp3) is 0.200. The van der Waals surface area contributed by atoms with Crippen LogP contribution in [0.1, 0.15) is 29.5 Å². The molecule has 0 spiro atoms. The van der Waals surface area contributed by atoms with Crippen molar-refractivity contribution in [1.82, 2.24) is 0 Å². The lowest BCUT2D eigenvalue weighted by Gasteiger charge is -2.14. The minimum atomic E-state index is 0.521. The van der Waals surface area contributed by atoms with E-state index in [0.29, 0.717) is 13.2 Å². The molecule has 0 aromatic heterocycles. The van der Waals surface area contributed by atoms with E-state index < -0.39 is 0 Å². The SMILES string of the molecule is Brc1c(OCc2ccccc2)cc(/C=C/C2CC2)cc1OCc1ccccc1. The molecule has 0 radical (unpaired) electrons. The largest absolute Gasteiger partial charge is 0.488 e. The molecular weight excluding hydrogens is 412 g/mol. The Bertz CT molecular complexity index is 867. The summed E-state index contributed by atoms with van der Waals surface area (Å²) in [6.45, 7) is 1.04. The molecule has 4 rings (SSSR count). The third-order valence-electron chi connectivity index (χ3n) is 4.69. The second-order valence-electron chi connectivity index (χ2n) is 7.08. The summed E-state index contributed by atoms with van der Waals surface area (Å²) in [5.74, 6) is 2.32. The summed E-state index contributed by atoms with van der Waals surface area (Å²) in [6, 6.07) is 24.5. The van der Waals surface area contributed by atoms with Crippen molar-refractivity contribution in [2.75, 3.05) is 0 Å². The molecule has 3 aromatic rings. The Labute approximate surface area is 174 Å². The first-order valence-electron chi connectivity index (χ1n) is 9.63. The van der Waals surface area contributed by atoms with Crippen LogP contribution in [-0.4, -0.2) is 0 Å². The lowest BCUT2D eigenvalue weighted by atomic mass is 10.1. The van der Waals surface area contributed by atoms with Crippen LogP contribution in [-0.2, 0) is 13.2 Å². The van der Waals surface area contributed by atoms with E-state index in [1.807, 2.05) is 36.4 Å². The van der Waals surface area contributed by atoms with Crippen LogP contribution >= 0.6 is 15.9 Å². The molecule has 0 atom stereocenters. The maximum absolute atomic E-state index is 6.12. The van der Waals surface area contributed by atoms with E-state index >= 15 is 0 Å². The molecule has 0 N–H and O–H groups in total. The third kappa shape index (κ3) is 5.26. The zero-order valence-electron chi connectivity index (χ0n) is 15.7. The molecule has 2 nitrogen and oxygen atoms in total. The van der Waals surface area contributed by atoms with Gasteiger partial charge in [-0.05, 0) is 63.5 Å². The molecule has 1 saturated carbocycles. The van der Waals surface area contributed by atoms with Gasteiger partial charge in [0.2, 0.25) is 0 Å². The lowest BCUT2D eigenvalue weighted by Crippen LogP contribution is -2.00. The summed E-state index contributed by atoms with van der Waals surface area (Å²) < 4.78 is 13.1. The zero-order valence-corrected chi connectivity index (χ0v) is 17.3. The highest BCUT2D eigenvalue weighted by Gasteiger charge is 2.17. The first-order valence-corrected chi connectivity index (χ1v) is 10.4. The molecule has 28 heavy (non-hydrogen) atoms. The van der Waals surface area contributed by atoms with E-state index in [0.717, 1.165) is 38.6 Å². The fourth-order valence-electron chi connectivity index (χ4n) is 2.91. The Morgan fingerprint density at radius 1 is 0.786 bits per heavy atom. The number of allylic oxidation sites excluding steroid dienone is 1. The summed E-state index contributed by atoms with van der Waals surface area (Å²) >= 11 is 3.68. The quantitative estimate of drug-likeness (QED) is 0.378. The number of hydrogen-bond donors (Lipinski definition) is 0. The predicted molar refractivity (Wildman–Crippen MR) is 117 cm³/mol. The van der Waals surface area contributed by atoms with Crippen molar-refractivity contribution in [3.63, 3.8) is 0 Å². The minimum absolute atomic E-state index is 0.521. The second kappa shape index (κ2) is 9.11. The summed E-state index contributed by atoms with van der Waals surface area (Å²) in [6.07, 6.45) is 7.05. The van der Waals surface area contributed by atoms with E-state index in [4.69, 9.17) is 9.47 Å². The Morgan fingerprint density at radius 3 is 1.75 bits per heavy atom. The molecule has 0 amide bonds. The minimum Gasteiger partial charge on any atom is -0.488 e. The average Bonchev–Trinajstić information content (AvgIpc) is 3.57. The number of hydrogen-bond acceptors (Lipinski definition) is 2. The Kier molecular flexibility index (Phi) is 6.13. The Balaban J connectivity index is 1.55. The highest BCUT2D eigenvalue weighted by atomic mass is 79.9. The van der Waals surface area contributed by atoms with Gasteiger partial charge >= 0.3 is 0 Å². The molecule has 0 saturated heterocycles. The molecule has 0 unspecified atom stereocenters. The Morgan fingerprint density at radius 2 is 1.29 bits per heavy atom. The van der Waals surface area contributed by atoms with Crippen molar-refractivity contribution in [3.8, 4) is 11.5 Å². The lowest BCUT2D eigenvalue weighted by molar-refractivity contribution is 0.286. The normalized spacial score (nSPS) is 13.6. The van der Waals surface area contributed by atoms with Gasteiger partial charge in [-0.15, -0.1) is 0 Å². The molecule has 142 valence electrons. The maximum Gasteiger partial charge on any atom is 0.138 e. The first-order chi connectivity index (χ1) is 13.8. The Hall–Kier alpha value is -2.52. The van der Waals surface area contributed by atoms with Gasteiger partial charge < -0.3 is 9.47 Å². The number of benzene rings is 3. The van der Waals surface area contributed by atoms with Gasteiger partial charge in [-0.3, -0.25) is 0 Å². The molecule has 0 aliphatic heterocycles. The fourth-order valence-corrected chi connectivity index (χ4v) is 3.36. The van der Waals surface area contributed by atoms with Crippen molar-refractivity contribution in [2.45, 2.75) is 26.1 Å². The van der Waals surface area contributed by atoms with Crippen LogP contribution < -0.4 is 9.47 Å². The topological polar surface area (TPSA) is 18.5 Å². The molecule has 3 aromatic carbocycles. The summed E-state index contributed by atoms with van der Waals surface area (Å²) in [4.78, 5) is 0. The van der Waals surface area contributed by atoms with Crippen molar-refractivity contribution in [3.05, 3.63) is 100 Å². The molecule has 1 fully saturated rings. The number of rotatable bonds is 8. The molecule has 0 bridgehead atoms. The van der Waals surface area contributed by atoms with Gasteiger partial charge in [-0.2, -0.15) is 0 Å². The average molecular weight is 435 g/mol. The second-order valence-corrected chi connectivity index (χ2v) is 7.87. The van der Waals surface area contributed by atoms with Crippen molar-refractivity contribution >= 4 is 22.0 Å². The summed E-state index contributed by atoms with van der Waals surface area (Å²) in [5.41, 5.74) is 3.38. The smallest absolute Gasteiger partial charge is 0.138 e. The van der Waals surface area contributed by atoms with Crippen molar-refractivity contribution < 1.29 is 9.47 Å². The van der Waals surface area contributed by atoms with E-state index in [1.54, 1.807) is 0 Å². The van der Waals surface area contributed by atoms with Crippen molar-refractivity contribution in [2.24, 2.45) is 5.92 Å². The van der Waals surface area contributed by atoms with Crippen LogP contribution in [0.4, 0.5) is 0 Å². The first kappa shape index (κ1) is 18.8. The van der Waals surface area contributed by atoms with E-state index in [2.05, 4.69) is 64.5 Å². The van der Waals surface area contributed by atoms with Gasteiger partial charge in [0.15, 0.2) is 0 Å². The molecule has 0 heterocycles. The number of halogens is 1. The highest BCUT2D eigenvalue weighted by Crippen LogP contribution is 2.38. The predicted octanol–water partition coefficient (Wildman–Crippen LogP) is 7.03. The van der Waals surface area contributed by atoms with Crippen LogP contribution in [0, 0.1) is 5.92 Å². The standard InChI is InChI=1S/C25H23BrO2/c26-25-23(27-17-20-7-3-1-4-8-20)15-22(14-13-19-11-12-19)16-24(25)28-18-21-9-5-2-6-10-21/h1-10,13-16,19H,11-12,17-18H2/b14-13+.